The lowest BCUT2D eigenvalue weighted by Crippen LogP contribution is -2.37. The van der Waals surface area contributed by atoms with E-state index in [0.29, 0.717) is 12.5 Å². The van der Waals surface area contributed by atoms with Gasteiger partial charge in [-0.15, -0.1) is 0 Å². The number of hydrogen-bond donors (Lipinski definition) is 1. The number of nitrogens with one attached hydrogen (secondary N) is 1. The van der Waals surface area contributed by atoms with Gasteiger partial charge in [-0.25, -0.2) is 4.98 Å². The molecular formula is C19H29N5O. The van der Waals surface area contributed by atoms with E-state index in [1.807, 2.05) is 24.6 Å². The van der Waals surface area contributed by atoms with Crippen molar-refractivity contribution in [2.24, 2.45) is 5.41 Å². The van der Waals surface area contributed by atoms with E-state index in [2.05, 4.69) is 46.9 Å². The van der Waals surface area contributed by atoms with Crippen molar-refractivity contribution >= 4 is 5.91 Å². The highest BCUT2D eigenvalue weighted by Crippen LogP contribution is 2.46. The highest BCUT2D eigenvalue weighted by molar-refractivity contribution is 5.80. The van der Waals surface area contributed by atoms with E-state index < -0.39 is 0 Å². The standard InChI is InChI=1S/C19H29N5O/c1-13(2)17-20-8-9-23(17)16(5)18(25)21-11-19(6-7-19)12-24-15(4)10-14(3)22-24/h8-10,13,16H,6-7,11-12H2,1-5H3,(H,21,25). The van der Waals surface area contributed by atoms with E-state index in [0.717, 1.165) is 30.9 Å². The summed E-state index contributed by atoms with van der Waals surface area (Å²) in [7, 11) is 0. The average molecular weight is 343 g/mol. The molecule has 1 atom stereocenters. The molecule has 2 aromatic rings. The molecule has 25 heavy (non-hydrogen) atoms. The van der Waals surface area contributed by atoms with Crippen molar-refractivity contribution < 1.29 is 4.79 Å². The SMILES string of the molecule is Cc1cc(C)n(CC2(CNC(=O)C(C)n3ccnc3C(C)C)CC2)n1. The van der Waals surface area contributed by atoms with Gasteiger partial charge in [0.25, 0.3) is 0 Å². The zero-order valence-corrected chi connectivity index (χ0v) is 15.9. The molecule has 1 aliphatic carbocycles. The van der Waals surface area contributed by atoms with Crippen LogP contribution in [0.3, 0.4) is 0 Å². The lowest BCUT2D eigenvalue weighted by molar-refractivity contribution is -0.124. The molecule has 2 aromatic heterocycles. The summed E-state index contributed by atoms with van der Waals surface area (Å²) in [6.45, 7) is 11.8. The summed E-state index contributed by atoms with van der Waals surface area (Å²) in [5.41, 5.74) is 2.39. The first-order chi connectivity index (χ1) is 11.8. The highest BCUT2D eigenvalue weighted by atomic mass is 16.2. The molecule has 1 aliphatic rings. The molecule has 0 aliphatic heterocycles. The average Bonchev–Trinajstić information content (AvgIpc) is 3.00. The minimum absolute atomic E-state index is 0.0551. The van der Waals surface area contributed by atoms with Gasteiger partial charge < -0.3 is 9.88 Å². The van der Waals surface area contributed by atoms with Crippen LogP contribution in [0.25, 0.3) is 0 Å². The fourth-order valence-corrected chi connectivity index (χ4v) is 3.37. The molecule has 0 radical (unpaired) electrons. The van der Waals surface area contributed by atoms with Crippen LogP contribution in [0.1, 0.15) is 62.8 Å². The summed E-state index contributed by atoms with van der Waals surface area (Å²) in [6, 6.07) is 1.85. The summed E-state index contributed by atoms with van der Waals surface area (Å²) >= 11 is 0. The number of carbonyl (C=O) groups is 1. The van der Waals surface area contributed by atoms with Crippen LogP contribution < -0.4 is 5.32 Å². The van der Waals surface area contributed by atoms with Crippen molar-refractivity contribution in [1.29, 1.82) is 0 Å². The molecule has 3 rings (SSSR count). The van der Waals surface area contributed by atoms with Gasteiger partial charge in [-0.1, -0.05) is 13.8 Å². The van der Waals surface area contributed by atoms with Crippen molar-refractivity contribution in [3.8, 4) is 0 Å². The number of aryl methyl sites for hydroxylation is 2. The first-order valence-corrected chi connectivity index (χ1v) is 9.13. The number of imidazole rings is 1. The monoisotopic (exact) mass is 343 g/mol. The molecule has 136 valence electrons. The molecule has 0 spiro atoms. The third kappa shape index (κ3) is 3.78. The predicted molar refractivity (Wildman–Crippen MR) is 97.4 cm³/mol. The Morgan fingerprint density at radius 1 is 1.32 bits per heavy atom. The Morgan fingerprint density at radius 3 is 2.60 bits per heavy atom. The molecule has 1 saturated carbocycles. The van der Waals surface area contributed by atoms with E-state index >= 15 is 0 Å². The number of rotatable bonds is 7. The molecule has 1 N–H and O–H groups in total. The van der Waals surface area contributed by atoms with Crippen LogP contribution in [-0.2, 0) is 11.3 Å². The van der Waals surface area contributed by atoms with E-state index in [9.17, 15) is 4.79 Å². The third-order valence-corrected chi connectivity index (χ3v) is 5.19. The Labute approximate surface area is 149 Å². The molecule has 1 amide bonds. The van der Waals surface area contributed by atoms with E-state index in [1.165, 1.54) is 5.69 Å². The van der Waals surface area contributed by atoms with Gasteiger partial charge >= 0.3 is 0 Å². The van der Waals surface area contributed by atoms with Gasteiger partial charge in [0.2, 0.25) is 5.91 Å². The van der Waals surface area contributed by atoms with Crippen LogP contribution in [0.2, 0.25) is 0 Å². The van der Waals surface area contributed by atoms with Crippen molar-refractivity contribution in [3.05, 3.63) is 35.7 Å². The molecule has 6 nitrogen and oxygen atoms in total. The number of amides is 1. The first kappa shape index (κ1) is 17.7. The normalized spacial score (nSPS) is 16.9. The lowest BCUT2D eigenvalue weighted by atomic mass is 10.1. The second-order valence-electron chi connectivity index (χ2n) is 7.83. The summed E-state index contributed by atoms with van der Waals surface area (Å²) in [6.07, 6.45) is 5.94. The maximum absolute atomic E-state index is 12.6. The smallest absolute Gasteiger partial charge is 0.242 e. The maximum atomic E-state index is 12.6. The van der Waals surface area contributed by atoms with E-state index in [4.69, 9.17) is 0 Å². The zero-order chi connectivity index (χ0) is 18.2. The van der Waals surface area contributed by atoms with Gasteiger partial charge in [0.05, 0.1) is 5.69 Å². The lowest BCUT2D eigenvalue weighted by Gasteiger charge is -2.21. The largest absolute Gasteiger partial charge is 0.354 e. The van der Waals surface area contributed by atoms with E-state index in [-0.39, 0.29) is 17.4 Å². The summed E-state index contributed by atoms with van der Waals surface area (Å²) in [4.78, 5) is 17.0. The van der Waals surface area contributed by atoms with Gasteiger partial charge in [0.1, 0.15) is 11.9 Å². The Hall–Kier alpha value is -2.11. The molecule has 0 aromatic carbocycles. The highest BCUT2D eigenvalue weighted by Gasteiger charge is 2.43. The van der Waals surface area contributed by atoms with Crippen LogP contribution in [0.4, 0.5) is 0 Å². The fourth-order valence-electron chi connectivity index (χ4n) is 3.37. The summed E-state index contributed by atoms with van der Waals surface area (Å²) in [5, 5.41) is 7.72. The number of aromatic nitrogens is 4. The molecule has 6 heteroatoms. The van der Waals surface area contributed by atoms with Gasteiger partial charge in [0.15, 0.2) is 0 Å². The summed E-state index contributed by atoms with van der Waals surface area (Å²) < 4.78 is 4.05. The van der Waals surface area contributed by atoms with Gasteiger partial charge in [-0.3, -0.25) is 9.48 Å². The summed E-state index contributed by atoms with van der Waals surface area (Å²) in [5.74, 6) is 1.30. The minimum atomic E-state index is -0.246. The van der Waals surface area contributed by atoms with Crippen molar-refractivity contribution in [1.82, 2.24) is 24.6 Å². The van der Waals surface area contributed by atoms with Crippen LogP contribution >= 0.6 is 0 Å². The number of hydrogen-bond acceptors (Lipinski definition) is 3. The Kier molecular flexibility index (Phi) is 4.71. The minimum Gasteiger partial charge on any atom is -0.354 e. The van der Waals surface area contributed by atoms with Gasteiger partial charge in [0, 0.05) is 42.5 Å². The Morgan fingerprint density at radius 2 is 2.04 bits per heavy atom. The Bertz CT molecular complexity index is 754. The second kappa shape index (κ2) is 6.65. The van der Waals surface area contributed by atoms with Gasteiger partial charge in [-0.2, -0.15) is 5.10 Å². The molecule has 0 bridgehead atoms. The molecule has 1 fully saturated rings. The predicted octanol–water partition coefficient (Wildman–Crippen LogP) is 2.98. The topological polar surface area (TPSA) is 64.7 Å². The molecular weight excluding hydrogens is 314 g/mol. The van der Waals surface area contributed by atoms with Crippen LogP contribution in [0.5, 0.6) is 0 Å². The third-order valence-electron chi connectivity index (χ3n) is 5.19. The van der Waals surface area contributed by atoms with Crippen molar-refractivity contribution in [3.63, 3.8) is 0 Å². The first-order valence-electron chi connectivity index (χ1n) is 9.13. The zero-order valence-electron chi connectivity index (χ0n) is 15.9. The second-order valence-corrected chi connectivity index (χ2v) is 7.83. The van der Waals surface area contributed by atoms with Crippen molar-refractivity contribution in [2.45, 2.75) is 66.0 Å². The fraction of sp³-hybridized carbons (Fsp3) is 0.632. The van der Waals surface area contributed by atoms with E-state index in [1.54, 1.807) is 6.20 Å². The Balaban J connectivity index is 1.60. The maximum Gasteiger partial charge on any atom is 0.242 e. The van der Waals surface area contributed by atoms with Gasteiger partial charge in [-0.05, 0) is 39.7 Å². The molecule has 2 heterocycles. The quantitative estimate of drug-likeness (QED) is 0.840. The van der Waals surface area contributed by atoms with Crippen LogP contribution in [0.15, 0.2) is 18.5 Å². The molecule has 1 unspecified atom stereocenters. The van der Waals surface area contributed by atoms with Crippen LogP contribution in [-0.4, -0.2) is 31.8 Å². The molecule has 0 saturated heterocycles. The van der Waals surface area contributed by atoms with Crippen molar-refractivity contribution in [2.75, 3.05) is 6.54 Å². The van der Waals surface area contributed by atoms with Crippen LogP contribution in [0, 0.1) is 19.3 Å². The number of carbonyl (C=O) groups excluding carboxylic acids is 1. The number of nitrogens with zero attached hydrogens (tertiary/aromatic N) is 4.